The predicted octanol–water partition coefficient (Wildman–Crippen LogP) is 6.65. The molecular weight excluding hydrogens is 514 g/mol. The molecule has 2 aliphatic heterocycles. The fourth-order valence-corrected chi connectivity index (χ4v) is 5.97. The molecule has 1 spiro atoms. The first-order valence-electron chi connectivity index (χ1n) is 12.7. The van der Waals surface area contributed by atoms with Gasteiger partial charge in [-0.2, -0.15) is 13.2 Å². The highest BCUT2D eigenvalue weighted by atomic mass is 19.4. The number of methoxy groups -OCH3 is 2. The maximum atomic E-state index is 13.8. The molecule has 2 heterocycles. The van der Waals surface area contributed by atoms with Gasteiger partial charge in [-0.15, -0.1) is 0 Å². The van der Waals surface area contributed by atoms with Crippen LogP contribution in [0.25, 0.3) is 0 Å². The average Bonchev–Trinajstić information content (AvgIpc) is 3.30. The Balaban J connectivity index is 1.62. The van der Waals surface area contributed by atoms with Gasteiger partial charge in [-0.25, -0.2) is 4.39 Å². The highest BCUT2D eigenvalue weighted by molar-refractivity contribution is 5.43. The second kappa shape index (κ2) is 10.5. The van der Waals surface area contributed by atoms with Crippen LogP contribution >= 0.6 is 0 Å². The van der Waals surface area contributed by atoms with Crippen molar-refractivity contribution in [2.75, 3.05) is 34.0 Å². The summed E-state index contributed by atoms with van der Waals surface area (Å²) in [6, 6.07) is 19.1. The Kier molecular flexibility index (Phi) is 7.45. The van der Waals surface area contributed by atoms with Crippen LogP contribution in [0, 0.1) is 5.82 Å². The fourth-order valence-electron chi connectivity index (χ4n) is 5.97. The Morgan fingerprint density at radius 1 is 0.974 bits per heavy atom. The summed E-state index contributed by atoms with van der Waals surface area (Å²) in [5.74, 6) is -0.0766. The van der Waals surface area contributed by atoms with E-state index >= 15 is 0 Å². The number of hydrogen-bond acceptors (Lipinski definition) is 5. The van der Waals surface area contributed by atoms with Gasteiger partial charge in [0.15, 0.2) is 0 Å². The minimum absolute atomic E-state index is 0.0149. The molecule has 0 aliphatic carbocycles. The van der Waals surface area contributed by atoms with E-state index in [2.05, 4.69) is 11.8 Å². The van der Waals surface area contributed by atoms with E-state index in [1.54, 1.807) is 12.1 Å². The van der Waals surface area contributed by atoms with Crippen molar-refractivity contribution in [2.45, 2.75) is 42.9 Å². The molecule has 0 amide bonds. The Bertz CT molecular complexity index is 1290. The highest BCUT2D eigenvalue weighted by Gasteiger charge is 2.58. The Hall–Kier alpha value is -2.98. The van der Waals surface area contributed by atoms with Crippen LogP contribution in [0.2, 0.25) is 0 Å². The summed E-state index contributed by atoms with van der Waals surface area (Å²) in [5, 5.41) is 0. The van der Waals surface area contributed by atoms with Crippen LogP contribution in [-0.2, 0) is 26.0 Å². The third-order valence-corrected chi connectivity index (χ3v) is 7.90. The zero-order valence-corrected chi connectivity index (χ0v) is 22.0. The van der Waals surface area contributed by atoms with Crippen molar-refractivity contribution >= 4 is 0 Å². The summed E-state index contributed by atoms with van der Waals surface area (Å²) >= 11 is 0. The van der Waals surface area contributed by atoms with Gasteiger partial charge < -0.3 is 18.9 Å². The molecule has 39 heavy (non-hydrogen) atoms. The molecule has 5 rings (SSSR count). The third kappa shape index (κ3) is 5.04. The molecule has 5 nitrogen and oxygen atoms in total. The number of alkyl halides is 3. The smallest absolute Gasteiger partial charge is 0.416 e. The van der Waals surface area contributed by atoms with Gasteiger partial charge in [0.05, 0.1) is 38.5 Å². The van der Waals surface area contributed by atoms with E-state index in [-0.39, 0.29) is 55.5 Å². The van der Waals surface area contributed by atoms with E-state index in [0.29, 0.717) is 0 Å². The molecule has 0 radical (unpaired) electrons. The van der Waals surface area contributed by atoms with E-state index in [4.69, 9.17) is 18.9 Å². The lowest BCUT2D eigenvalue weighted by Crippen LogP contribution is -2.59. The van der Waals surface area contributed by atoms with E-state index < -0.39 is 23.1 Å². The molecule has 208 valence electrons. The number of rotatable bonds is 6. The molecule has 2 saturated heterocycles. The molecular formula is C30H31F4NO4. The van der Waals surface area contributed by atoms with Crippen molar-refractivity contribution in [3.63, 3.8) is 0 Å². The summed E-state index contributed by atoms with van der Waals surface area (Å²) in [7, 11) is 2.87. The van der Waals surface area contributed by atoms with Gasteiger partial charge in [0.2, 0.25) is 0 Å². The number of halogens is 4. The van der Waals surface area contributed by atoms with Crippen molar-refractivity contribution in [1.29, 1.82) is 0 Å². The van der Waals surface area contributed by atoms with Crippen molar-refractivity contribution in [3.05, 3.63) is 101 Å². The molecule has 2 fully saturated rings. The van der Waals surface area contributed by atoms with Crippen molar-refractivity contribution in [2.24, 2.45) is 0 Å². The van der Waals surface area contributed by atoms with Crippen LogP contribution in [0.4, 0.5) is 17.6 Å². The largest absolute Gasteiger partial charge is 0.496 e. The van der Waals surface area contributed by atoms with Gasteiger partial charge in [-0.05, 0) is 48.4 Å². The maximum Gasteiger partial charge on any atom is 0.416 e. The highest BCUT2D eigenvalue weighted by Crippen LogP contribution is 2.52. The van der Waals surface area contributed by atoms with Gasteiger partial charge in [0.1, 0.15) is 22.9 Å². The first-order valence-corrected chi connectivity index (χ1v) is 12.7. The maximum absolute atomic E-state index is 13.8. The molecule has 0 saturated carbocycles. The SMILES string of the molecule is COc1ccc(C(F)(F)F)cc1[C@@]1(OC)COCC2(C1)OC[C@H](c1ccc(F)cc1)N2[C@@H](C)c1ccccc1. The molecule has 3 aromatic carbocycles. The molecule has 0 aromatic heterocycles. The van der Waals surface area contributed by atoms with Crippen LogP contribution in [0.1, 0.15) is 47.7 Å². The van der Waals surface area contributed by atoms with Gasteiger partial charge >= 0.3 is 6.18 Å². The normalized spacial score (nSPS) is 26.6. The summed E-state index contributed by atoms with van der Waals surface area (Å²) < 4.78 is 79.2. The van der Waals surface area contributed by atoms with Gasteiger partial charge in [-0.1, -0.05) is 42.5 Å². The topological polar surface area (TPSA) is 40.2 Å². The summed E-state index contributed by atoms with van der Waals surface area (Å²) in [5.41, 5.74) is -1.03. The minimum atomic E-state index is -4.55. The van der Waals surface area contributed by atoms with Crippen molar-refractivity contribution in [3.8, 4) is 5.75 Å². The quantitative estimate of drug-likeness (QED) is 0.325. The number of benzene rings is 3. The monoisotopic (exact) mass is 545 g/mol. The molecule has 3 aromatic rings. The minimum Gasteiger partial charge on any atom is -0.496 e. The average molecular weight is 546 g/mol. The second-order valence-electron chi connectivity index (χ2n) is 10.1. The standard InChI is InChI=1S/C30H31F4NO4/c1-20(21-7-5-4-6-8-21)35-26(22-9-12-24(31)13-10-22)16-39-29(35)17-28(37-3,18-38-19-29)25-15-23(30(32,33)34)11-14-27(25)36-2/h4-15,20,26H,16-19H2,1-3H3/t20-,26+,28-,29?/m0/s1. The van der Waals surface area contributed by atoms with Crippen molar-refractivity contribution < 1.29 is 36.5 Å². The summed E-state index contributed by atoms with van der Waals surface area (Å²) in [4.78, 5) is 2.18. The third-order valence-electron chi connectivity index (χ3n) is 7.90. The van der Waals surface area contributed by atoms with E-state index in [1.807, 2.05) is 30.3 Å². The molecule has 9 heteroatoms. The van der Waals surface area contributed by atoms with Gasteiger partial charge in [-0.3, -0.25) is 4.90 Å². The van der Waals surface area contributed by atoms with Gasteiger partial charge in [0.25, 0.3) is 0 Å². The first-order chi connectivity index (χ1) is 18.6. The first kappa shape index (κ1) is 27.6. The predicted molar refractivity (Wildman–Crippen MR) is 137 cm³/mol. The molecule has 2 aliphatic rings. The zero-order valence-electron chi connectivity index (χ0n) is 22.0. The van der Waals surface area contributed by atoms with E-state index in [1.165, 1.54) is 32.4 Å². The lowest BCUT2D eigenvalue weighted by molar-refractivity contribution is -0.243. The van der Waals surface area contributed by atoms with Crippen molar-refractivity contribution in [1.82, 2.24) is 4.90 Å². The second-order valence-corrected chi connectivity index (χ2v) is 10.1. The van der Waals surface area contributed by atoms with Gasteiger partial charge in [0, 0.05) is 25.1 Å². The number of hydrogen-bond donors (Lipinski definition) is 0. The summed E-state index contributed by atoms with van der Waals surface area (Å²) in [6.45, 7) is 2.53. The zero-order chi connectivity index (χ0) is 27.8. The Morgan fingerprint density at radius 2 is 1.69 bits per heavy atom. The number of ether oxygens (including phenoxy) is 4. The molecule has 0 bridgehead atoms. The molecule has 0 N–H and O–H groups in total. The number of nitrogens with zero attached hydrogens (tertiary/aromatic N) is 1. The molecule has 1 unspecified atom stereocenters. The summed E-state index contributed by atoms with van der Waals surface area (Å²) in [6.07, 6.45) is -4.36. The lowest BCUT2D eigenvalue weighted by atomic mass is 9.81. The van der Waals surface area contributed by atoms with Crippen LogP contribution in [0.15, 0.2) is 72.8 Å². The van der Waals surface area contributed by atoms with Crippen LogP contribution in [0.5, 0.6) is 5.75 Å². The van der Waals surface area contributed by atoms with Crippen LogP contribution < -0.4 is 4.74 Å². The fraction of sp³-hybridized carbons (Fsp3) is 0.400. The van der Waals surface area contributed by atoms with E-state index in [0.717, 1.165) is 23.3 Å². The van der Waals surface area contributed by atoms with E-state index in [9.17, 15) is 17.6 Å². The van der Waals surface area contributed by atoms with Crippen LogP contribution in [-0.4, -0.2) is 44.7 Å². The van der Waals surface area contributed by atoms with Crippen LogP contribution in [0.3, 0.4) is 0 Å². The Labute approximate surface area is 225 Å². The Morgan fingerprint density at radius 3 is 2.33 bits per heavy atom. The lowest BCUT2D eigenvalue weighted by Gasteiger charge is -2.51. The molecule has 4 atom stereocenters.